The van der Waals surface area contributed by atoms with Gasteiger partial charge < -0.3 is 10.3 Å². The average molecular weight is 153 g/mol. The number of rotatable bonds is 0. The summed E-state index contributed by atoms with van der Waals surface area (Å²) in [4.78, 5) is 2.36. The predicted octanol–water partition coefficient (Wildman–Crippen LogP) is 0.0244. The highest BCUT2D eigenvalue weighted by atomic mass is 15.5. The Morgan fingerprint density at radius 1 is 1.55 bits per heavy atom. The molecule has 2 aliphatic heterocycles. The molecule has 0 spiro atoms. The zero-order chi connectivity index (χ0) is 7.84. The van der Waals surface area contributed by atoms with Crippen LogP contribution in [0.3, 0.4) is 0 Å². The minimum atomic E-state index is 0.659. The lowest BCUT2D eigenvalue weighted by atomic mass is 10.0. The van der Waals surface area contributed by atoms with Crippen molar-refractivity contribution < 1.29 is 0 Å². The van der Waals surface area contributed by atoms with Crippen molar-refractivity contribution in [1.29, 1.82) is 0 Å². The number of nitrogens with one attached hydrogen (secondary N) is 1. The molecule has 1 N–H and O–H groups in total. The molecule has 0 aromatic rings. The van der Waals surface area contributed by atoms with E-state index in [0.29, 0.717) is 6.04 Å². The third-order valence-corrected chi connectivity index (χ3v) is 2.59. The van der Waals surface area contributed by atoms with E-state index in [4.69, 9.17) is 0 Å². The van der Waals surface area contributed by atoms with Crippen molar-refractivity contribution in [3.05, 3.63) is 11.8 Å². The molecule has 11 heavy (non-hydrogen) atoms. The fourth-order valence-electron chi connectivity index (χ4n) is 1.88. The first-order valence-corrected chi connectivity index (χ1v) is 4.14. The first kappa shape index (κ1) is 7.13. The molecule has 0 aromatic carbocycles. The Morgan fingerprint density at radius 3 is 3.18 bits per heavy atom. The largest absolute Gasteiger partial charge is 0.326 e. The quantitative estimate of drug-likeness (QED) is 0.529. The smallest absolute Gasteiger partial charge is 0.0539 e. The summed E-state index contributed by atoms with van der Waals surface area (Å²) in [5.74, 6) is 0. The molecule has 0 bridgehead atoms. The monoisotopic (exact) mass is 153 g/mol. The second-order valence-electron chi connectivity index (χ2n) is 3.50. The van der Waals surface area contributed by atoms with Crippen LogP contribution in [-0.4, -0.2) is 43.1 Å². The summed E-state index contributed by atoms with van der Waals surface area (Å²) in [6.07, 6.45) is 3.39. The second kappa shape index (κ2) is 2.50. The number of hydrazine groups is 1. The summed E-state index contributed by atoms with van der Waals surface area (Å²) in [6.45, 7) is 2.34. The fraction of sp³-hybridized carbons (Fsp3) is 0.750. The van der Waals surface area contributed by atoms with Gasteiger partial charge in [-0.25, -0.2) is 5.01 Å². The SMILES string of the molecule is CN1CCC2C(=CNN2C)C1. The third kappa shape index (κ3) is 1.14. The Kier molecular flexibility index (Phi) is 1.62. The number of fused-ring (bicyclic) bond motifs is 1. The Hall–Kier alpha value is -0.540. The average Bonchev–Trinajstić information content (AvgIpc) is 2.32. The maximum absolute atomic E-state index is 3.23. The van der Waals surface area contributed by atoms with Gasteiger partial charge in [0.2, 0.25) is 0 Å². The van der Waals surface area contributed by atoms with Crippen molar-refractivity contribution in [2.45, 2.75) is 12.5 Å². The van der Waals surface area contributed by atoms with Crippen molar-refractivity contribution in [3.8, 4) is 0 Å². The van der Waals surface area contributed by atoms with Gasteiger partial charge in [0, 0.05) is 26.3 Å². The molecule has 0 aromatic heterocycles. The number of likely N-dealkylation sites (N-methyl/N-ethyl adjacent to an activating group) is 2. The standard InChI is InChI=1S/C8H15N3/c1-10-4-3-8-7(6-10)5-9-11(8)2/h5,8-9H,3-4,6H2,1-2H3. The molecule has 1 saturated heterocycles. The summed E-state index contributed by atoms with van der Waals surface area (Å²) < 4.78 is 0. The predicted molar refractivity (Wildman–Crippen MR) is 44.9 cm³/mol. The van der Waals surface area contributed by atoms with Crippen molar-refractivity contribution in [1.82, 2.24) is 15.3 Å². The molecule has 0 amide bonds. The van der Waals surface area contributed by atoms with Gasteiger partial charge in [-0.3, -0.25) is 0 Å². The molecule has 0 aliphatic carbocycles. The highest BCUT2D eigenvalue weighted by molar-refractivity contribution is 5.18. The maximum Gasteiger partial charge on any atom is 0.0539 e. The Bertz CT molecular complexity index is 188. The van der Waals surface area contributed by atoms with E-state index in [0.717, 1.165) is 6.54 Å². The van der Waals surface area contributed by atoms with Crippen LogP contribution in [0.1, 0.15) is 6.42 Å². The Morgan fingerprint density at radius 2 is 2.36 bits per heavy atom. The summed E-state index contributed by atoms with van der Waals surface area (Å²) in [6, 6.07) is 0.659. The van der Waals surface area contributed by atoms with Gasteiger partial charge in [-0.1, -0.05) is 0 Å². The van der Waals surface area contributed by atoms with Crippen molar-refractivity contribution in [3.63, 3.8) is 0 Å². The van der Waals surface area contributed by atoms with Crippen LogP contribution in [0.4, 0.5) is 0 Å². The molecule has 1 atom stereocenters. The fourth-order valence-corrected chi connectivity index (χ4v) is 1.88. The van der Waals surface area contributed by atoms with Crippen LogP contribution in [0.2, 0.25) is 0 Å². The summed E-state index contributed by atoms with van der Waals surface area (Å²) >= 11 is 0. The molecule has 0 saturated carbocycles. The lowest BCUT2D eigenvalue weighted by Crippen LogP contribution is -2.42. The van der Waals surface area contributed by atoms with Crippen molar-refractivity contribution in [2.75, 3.05) is 27.2 Å². The van der Waals surface area contributed by atoms with E-state index in [-0.39, 0.29) is 0 Å². The minimum Gasteiger partial charge on any atom is -0.326 e. The Balaban J connectivity index is 2.09. The highest BCUT2D eigenvalue weighted by Crippen LogP contribution is 2.21. The first-order valence-electron chi connectivity index (χ1n) is 4.14. The van der Waals surface area contributed by atoms with Gasteiger partial charge in [0.05, 0.1) is 6.04 Å². The van der Waals surface area contributed by atoms with E-state index < -0.39 is 0 Å². The zero-order valence-electron chi connectivity index (χ0n) is 7.17. The van der Waals surface area contributed by atoms with Gasteiger partial charge in [-0.05, 0) is 19.0 Å². The van der Waals surface area contributed by atoms with Gasteiger partial charge in [0.25, 0.3) is 0 Å². The van der Waals surface area contributed by atoms with Crippen LogP contribution in [0.25, 0.3) is 0 Å². The first-order chi connectivity index (χ1) is 5.27. The van der Waals surface area contributed by atoms with Crippen LogP contribution < -0.4 is 5.43 Å². The molecule has 3 nitrogen and oxygen atoms in total. The molecule has 62 valence electrons. The van der Waals surface area contributed by atoms with E-state index in [9.17, 15) is 0 Å². The van der Waals surface area contributed by atoms with E-state index in [2.05, 4.69) is 35.6 Å². The molecule has 2 rings (SSSR count). The van der Waals surface area contributed by atoms with Gasteiger partial charge in [0.1, 0.15) is 0 Å². The van der Waals surface area contributed by atoms with Crippen LogP contribution in [-0.2, 0) is 0 Å². The van der Waals surface area contributed by atoms with Crippen molar-refractivity contribution in [2.24, 2.45) is 0 Å². The van der Waals surface area contributed by atoms with Crippen molar-refractivity contribution >= 4 is 0 Å². The van der Waals surface area contributed by atoms with Crippen LogP contribution >= 0.6 is 0 Å². The molecule has 0 radical (unpaired) electrons. The van der Waals surface area contributed by atoms with E-state index in [1.165, 1.54) is 18.5 Å². The summed E-state index contributed by atoms with van der Waals surface area (Å²) in [5, 5.41) is 2.20. The minimum absolute atomic E-state index is 0.659. The molecular formula is C8H15N3. The number of hydrogen-bond acceptors (Lipinski definition) is 3. The van der Waals surface area contributed by atoms with E-state index in [1.807, 2.05) is 0 Å². The number of nitrogens with zero attached hydrogens (tertiary/aromatic N) is 2. The molecule has 1 unspecified atom stereocenters. The second-order valence-corrected chi connectivity index (χ2v) is 3.50. The number of hydrogen-bond donors (Lipinski definition) is 1. The molecule has 1 fully saturated rings. The number of piperidine rings is 1. The van der Waals surface area contributed by atoms with Gasteiger partial charge in [0.15, 0.2) is 0 Å². The summed E-state index contributed by atoms with van der Waals surface area (Å²) in [7, 11) is 4.29. The van der Waals surface area contributed by atoms with Crippen LogP contribution in [0.15, 0.2) is 11.8 Å². The van der Waals surface area contributed by atoms with Crippen LogP contribution in [0.5, 0.6) is 0 Å². The highest BCUT2D eigenvalue weighted by Gasteiger charge is 2.28. The molecular weight excluding hydrogens is 138 g/mol. The van der Waals surface area contributed by atoms with Crippen LogP contribution in [0, 0.1) is 0 Å². The Labute approximate surface area is 67.6 Å². The van der Waals surface area contributed by atoms with E-state index >= 15 is 0 Å². The third-order valence-electron chi connectivity index (χ3n) is 2.59. The lowest BCUT2D eigenvalue weighted by Gasteiger charge is -2.31. The molecule has 2 heterocycles. The molecule has 3 heteroatoms. The lowest BCUT2D eigenvalue weighted by molar-refractivity contribution is 0.188. The zero-order valence-corrected chi connectivity index (χ0v) is 7.17. The normalized spacial score (nSPS) is 32.9. The summed E-state index contributed by atoms with van der Waals surface area (Å²) in [5.41, 5.74) is 4.76. The molecule has 2 aliphatic rings. The van der Waals surface area contributed by atoms with E-state index in [1.54, 1.807) is 0 Å². The topological polar surface area (TPSA) is 18.5 Å². The van der Waals surface area contributed by atoms with Gasteiger partial charge >= 0.3 is 0 Å². The van der Waals surface area contributed by atoms with Gasteiger partial charge in [-0.2, -0.15) is 0 Å². The number of likely N-dealkylation sites (tertiary alicyclic amines) is 1. The maximum atomic E-state index is 3.23. The van der Waals surface area contributed by atoms with Gasteiger partial charge in [-0.15, -0.1) is 0 Å².